The van der Waals surface area contributed by atoms with Crippen molar-refractivity contribution in [3.05, 3.63) is 75.4 Å². The highest BCUT2D eigenvalue weighted by molar-refractivity contribution is 5.78. The standard InChI is InChI=1S/C15H12N2O2/c1-16-13-10-6-5-9-12(13)14(18)17(15(16)19)11-7-3-2-4-8-11/h2-10H,1H3. The molecule has 4 nitrogen and oxygen atoms in total. The topological polar surface area (TPSA) is 44.0 Å². The van der Waals surface area contributed by atoms with E-state index in [1.807, 2.05) is 12.1 Å². The molecule has 3 rings (SSSR count). The Morgan fingerprint density at radius 2 is 1.47 bits per heavy atom. The van der Waals surface area contributed by atoms with Gasteiger partial charge in [0, 0.05) is 7.05 Å². The Hall–Kier alpha value is -2.62. The molecule has 0 N–H and O–H groups in total. The van der Waals surface area contributed by atoms with Crippen LogP contribution in [0, 0.1) is 0 Å². The molecule has 0 aliphatic carbocycles. The number of aromatic nitrogens is 2. The molecule has 0 unspecified atom stereocenters. The van der Waals surface area contributed by atoms with E-state index in [0.29, 0.717) is 16.6 Å². The van der Waals surface area contributed by atoms with Crippen molar-refractivity contribution in [3.8, 4) is 5.69 Å². The van der Waals surface area contributed by atoms with Crippen LogP contribution >= 0.6 is 0 Å². The quantitative estimate of drug-likeness (QED) is 0.661. The molecule has 0 bridgehead atoms. The van der Waals surface area contributed by atoms with Crippen LogP contribution < -0.4 is 11.2 Å². The van der Waals surface area contributed by atoms with Gasteiger partial charge < -0.3 is 0 Å². The lowest BCUT2D eigenvalue weighted by atomic mass is 10.2. The molecular weight excluding hydrogens is 240 g/mol. The van der Waals surface area contributed by atoms with Crippen LogP contribution in [-0.4, -0.2) is 9.13 Å². The average molecular weight is 252 g/mol. The monoisotopic (exact) mass is 252 g/mol. The summed E-state index contributed by atoms with van der Waals surface area (Å²) < 4.78 is 2.69. The van der Waals surface area contributed by atoms with Crippen molar-refractivity contribution in [2.45, 2.75) is 0 Å². The van der Waals surface area contributed by atoms with E-state index in [9.17, 15) is 9.59 Å². The first-order valence-electron chi connectivity index (χ1n) is 5.96. The van der Waals surface area contributed by atoms with E-state index in [4.69, 9.17) is 0 Å². The number of rotatable bonds is 1. The zero-order valence-electron chi connectivity index (χ0n) is 10.4. The Morgan fingerprint density at radius 3 is 2.21 bits per heavy atom. The zero-order valence-corrected chi connectivity index (χ0v) is 10.4. The molecule has 4 heteroatoms. The summed E-state index contributed by atoms with van der Waals surface area (Å²) in [5, 5.41) is 0.536. The summed E-state index contributed by atoms with van der Waals surface area (Å²) in [4.78, 5) is 24.8. The summed E-state index contributed by atoms with van der Waals surface area (Å²) in [7, 11) is 1.67. The van der Waals surface area contributed by atoms with Crippen molar-refractivity contribution in [2.24, 2.45) is 7.05 Å². The third-order valence-electron chi connectivity index (χ3n) is 3.19. The van der Waals surface area contributed by atoms with E-state index in [1.54, 1.807) is 49.5 Å². The molecule has 0 radical (unpaired) electrons. The van der Waals surface area contributed by atoms with Crippen LogP contribution in [0.2, 0.25) is 0 Å². The van der Waals surface area contributed by atoms with Gasteiger partial charge in [-0.05, 0) is 24.3 Å². The molecule has 0 spiro atoms. The first-order valence-corrected chi connectivity index (χ1v) is 5.96. The lowest BCUT2D eigenvalue weighted by Gasteiger charge is -2.10. The second kappa shape index (κ2) is 4.24. The minimum Gasteiger partial charge on any atom is -0.296 e. The molecule has 3 aromatic rings. The maximum absolute atomic E-state index is 12.5. The minimum atomic E-state index is -0.338. The number of benzene rings is 2. The Balaban J connectivity index is 2.52. The fraction of sp³-hybridized carbons (Fsp3) is 0.0667. The SMILES string of the molecule is Cn1c(=O)n(-c2ccccc2)c(=O)c2ccccc21. The molecule has 0 atom stereocenters. The number of fused-ring (bicyclic) bond motifs is 1. The van der Waals surface area contributed by atoms with Gasteiger partial charge in [0.25, 0.3) is 5.56 Å². The van der Waals surface area contributed by atoms with E-state index in [2.05, 4.69) is 0 Å². The number of hydrogen-bond acceptors (Lipinski definition) is 2. The molecule has 0 saturated heterocycles. The Bertz CT molecular complexity index is 861. The first kappa shape index (κ1) is 11.5. The fourth-order valence-corrected chi connectivity index (χ4v) is 2.21. The van der Waals surface area contributed by atoms with E-state index in [1.165, 1.54) is 9.13 Å². The average Bonchev–Trinajstić information content (AvgIpc) is 2.46. The number of hydrogen-bond donors (Lipinski definition) is 0. The summed E-state index contributed by atoms with van der Waals surface area (Å²) in [6.45, 7) is 0. The van der Waals surface area contributed by atoms with E-state index in [-0.39, 0.29) is 11.2 Å². The molecule has 0 amide bonds. The van der Waals surface area contributed by atoms with E-state index >= 15 is 0 Å². The molecule has 94 valence electrons. The normalized spacial score (nSPS) is 10.8. The Labute approximate surface area is 109 Å². The third kappa shape index (κ3) is 1.69. The number of aryl methyl sites for hydroxylation is 1. The lowest BCUT2D eigenvalue weighted by molar-refractivity contribution is 0.774. The van der Waals surface area contributed by atoms with Gasteiger partial charge >= 0.3 is 5.69 Å². The van der Waals surface area contributed by atoms with Gasteiger partial charge in [0.1, 0.15) is 0 Å². The maximum atomic E-state index is 12.5. The smallest absolute Gasteiger partial charge is 0.296 e. The predicted molar refractivity (Wildman–Crippen MR) is 74.8 cm³/mol. The molecule has 0 saturated carbocycles. The van der Waals surface area contributed by atoms with Crippen LogP contribution in [-0.2, 0) is 7.05 Å². The summed E-state index contributed by atoms with van der Waals surface area (Å²) in [6.07, 6.45) is 0. The van der Waals surface area contributed by atoms with E-state index in [0.717, 1.165) is 0 Å². The molecule has 0 aliphatic rings. The molecule has 19 heavy (non-hydrogen) atoms. The van der Waals surface area contributed by atoms with Crippen molar-refractivity contribution in [1.82, 2.24) is 9.13 Å². The van der Waals surface area contributed by atoms with Gasteiger partial charge in [0.2, 0.25) is 0 Å². The summed E-state index contributed by atoms with van der Waals surface area (Å²) in [5.74, 6) is 0. The highest BCUT2D eigenvalue weighted by Gasteiger charge is 2.11. The van der Waals surface area contributed by atoms with Crippen LogP contribution in [0.25, 0.3) is 16.6 Å². The minimum absolute atomic E-state index is 0.287. The van der Waals surface area contributed by atoms with E-state index < -0.39 is 0 Å². The zero-order chi connectivity index (χ0) is 13.4. The predicted octanol–water partition coefficient (Wildman–Crippen LogP) is 1.69. The van der Waals surface area contributed by atoms with Gasteiger partial charge in [-0.1, -0.05) is 30.3 Å². The second-order valence-corrected chi connectivity index (χ2v) is 4.33. The van der Waals surface area contributed by atoms with Crippen molar-refractivity contribution in [2.75, 3.05) is 0 Å². The van der Waals surface area contributed by atoms with Crippen LogP contribution in [0.5, 0.6) is 0 Å². The molecule has 0 aliphatic heterocycles. The van der Waals surface area contributed by atoms with Crippen molar-refractivity contribution >= 4 is 10.9 Å². The largest absolute Gasteiger partial charge is 0.335 e. The number of nitrogens with zero attached hydrogens (tertiary/aromatic N) is 2. The van der Waals surface area contributed by atoms with Crippen LogP contribution in [0.15, 0.2) is 64.2 Å². The summed E-state index contributed by atoms with van der Waals surface area (Å²) in [6, 6.07) is 16.1. The van der Waals surface area contributed by atoms with Gasteiger partial charge in [-0.15, -0.1) is 0 Å². The van der Waals surface area contributed by atoms with Crippen LogP contribution in [0.3, 0.4) is 0 Å². The highest BCUT2D eigenvalue weighted by Crippen LogP contribution is 2.08. The molecule has 1 aromatic heterocycles. The number of para-hydroxylation sites is 2. The maximum Gasteiger partial charge on any atom is 0.335 e. The highest BCUT2D eigenvalue weighted by atomic mass is 16.2. The van der Waals surface area contributed by atoms with Gasteiger partial charge in [-0.2, -0.15) is 0 Å². The van der Waals surface area contributed by atoms with Crippen molar-refractivity contribution in [1.29, 1.82) is 0 Å². The van der Waals surface area contributed by atoms with Crippen LogP contribution in [0.1, 0.15) is 0 Å². The summed E-state index contributed by atoms with van der Waals surface area (Å²) >= 11 is 0. The third-order valence-corrected chi connectivity index (χ3v) is 3.19. The van der Waals surface area contributed by atoms with Crippen molar-refractivity contribution in [3.63, 3.8) is 0 Å². The lowest BCUT2D eigenvalue weighted by Crippen LogP contribution is -2.37. The fourth-order valence-electron chi connectivity index (χ4n) is 2.21. The molecular formula is C15H12N2O2. The van der Waals surface area contributed by atoms with Gasteiger partial charge in [0.05, 0.1) is 16.6 Å². The molecule has 2 aromatic carbocycles. The molecule has 1 heterocycles. The Morgan fingerprint density at radius 1 is 0.842 bits per heavy atom. The van der Waals surface area contributed by atoms with Gasteiger partial charge in [-0.3, -0.25) is 9.36 Å². The van der Waals surface area contributed by atoms with Gasteiger partial charge in [0.15, 0.2) is 0 Å². The second-order valence-electron chi connectivity index (χ2n) is 4.33. The first-order chi connectivity index (χ1) is 9.20. The summed E-state index contributed by atoms with van der Waals surface area (Å²) in [5.41, 5.74) is 0.600. The van der Waals surface area contributed by atoms with Gasteiger partial charge in [-0.25, -0.2) is 9.36 Å². The Kier molecular flexibility index (Phi) is 2.56. The van der Waals surface area contributed by atoms with Crippen molar-refractivity contribution < 1.29 is 0 Å². The molecule has 0 fully saturated rings. The van der Waals surface area contributed by atoms with Crippen LogP contribution in [0.4, 0.5) is 0 Å².